The first kappa shape index (κ1) is 23.1. The first-order chi connectivity index (χ1) is 15.4. The Balaban J connectivity index is 1.49. The molecule has 0 atom stereocenters. The van der Waals surface area contributed by atoms with Gasteiger partial charge in [0.15, 0.2) is 11.4 Å². The molecule has 0 heterocycles. The summed E-state index contributed by atoms with van der Waals surface area (Å²) in [6.45, 7) is 5.96. The van der Waals surface area contributed by atoms with Crippen molar-refractivity contribution in [3.05, 3.63) is 95.6 Å². The van der Waals surface area contributed by atoms with Gasteiger partial charge >= 0.3 is 5.97 Å². The van der Waals surface area contributed by atoms with E-state index in [1.165, 1.54) is 0 Å². The van der Waals surface area contributed by atoms with Crippen LogP contribution in [0.2, 0.25) is 0 Å². The zero-order valence-electron chi connectivity index (χ0n) is 18.7. The molecule has 0 saturated carbocycles. The van der Waals surface area contributed by atoms with Crippen LogP contribution in [0.15, 0.2) is 78.9 Å². The summed E-state index contributed by atoms with van der Waals surface area (Å²) >= 11 is 0. The quantitative estimate of drug-likeness (QED) is 0.323. The molecular weight excluding hydrogens is 404 g/mol. The minimum Gasteiger partial charge on any atom is -0.493 e. The van der Waals surface area contributed by atoms with Gasteiger partial charge in [-0.3, -0.25) is 4.79 Å². The summed E-state index contributed by atoms with van der Waals surface area (Å²) in [5.74, 6) is 0.914. The summed E-state index contributed by atoms with van der Waals surface area (Å²) in [5.41, 5.74) is 1.33. The number of ether oxygens (including phenoxy) is 3. The molecule has 5 nitrogen and oxygen atoms in total. The molecule has 0 spiro atoms. The first-order valence-corrected chi connectivity index (χ1v) is 10.7. The van der Waals surface area contributed by atoms with E-state index < -0.39 is 11.6 Å². The van der Waals surface area contributed by atoms with E-state index in [0.29, 0.717) is 42.3 Å². The summed E-state index contributed by atoms with van der Waals surface area (Å²) in [5, 5.41) is 0. The highest BCUT2D eigenvalue weighted by molar-refractivity contribution is 6.08. The highest BCUT2D eigenvalue weighted by Gasteiger charge is 2.31. The van der Waals surface area contributed by atoms with Gasteiger partial charge in [-0.25, -0.2) is 4.79 Å². The van der Waals surface area contributed by atoms with Gasteiger partial charge in [0.25, 0.3) is 0 Å². The van der Waals surface area contributed by atoms with Crippen molar-refractivity contribution in [3.8, 4) is 11.5 Å². The number of esters is 1. The Labute approximate surface area is 188 Å². The second kappa shape index (κ2) is 10.6. The van der Waals surface area contributed by atoms with Crippen LogP contribution in [0.1, 0.15) is 42.3 Å². The van der Waals surface area contributed by atoms with E-state index in [4.69, 9.17) is 14.2 Å². The van der Waals surface area contributed by atoms with Gasteiger partial charge in [-0.05, 0) is 62.7 Å². The van der Waals surface area contributed by atoms with Gasteiger partial charge in [0.2, 0.25) is 0 Å². The fraction of sp³-hybridized carbons (Fsp3) is 0.259. The van der Waals surface area contributed by atoms with Crippen molar-refractivity contribution in [2.24, 2.45) is 0 Å². The lowest BCUT2D eigenvalue weighted by Gasteiger charge is -2.24. The van der Waals surface area contributed by atoms with Crippen LogP contribution in [0.3, 0.4) is 0 Å². The molecule has 0 unspecified atom stereocenters. The molecule has 32 heavy (non-hydrogen) atoms. The van der Waals surface area contributed by atoms with E-state index in [1.807, 2.05) is 54.6 Å². The summed E-state index contributed by atoms with van der Waals surface area (Å²) in [6.07, 6.45) is 0.715. The Morgan fingerprint density at radius 2 is 1.38 bits per heavy atom. The topological polar surface area (TPSA) is 61.8 Å². The molecule has 0 amide bonds. The fourth-order valence-electron chi connectivity index (χ4n) is 3.11. The Morgan fingerprint density at radius 1 is 0.781 bits per heavy atom. The molecular formula is C27H28O5. The summed E-state index contributed by atoms with van der Waals surface area (Å²) in [6, 6.07) is 23.9. The van der Waals surface area contributed by atoms with Gasteiger partial charge in [0.1, 0.15) is 11.5 Å². The highest BCUT2D eigenvalue weighted by Crippen LogP contribution is 2.21. The third-order valence-corrected chi connectivity index (χ3v) is 4.88. The average Bonchev–Trinajstić information content (AvgIpc) is 2.81. The molecule has 5 heteroatoms. The molecule has 0 aliphatic rings. The predicted octanol–water partition coefficient (Wildman–Crippen LogP) is 5.26. The minimum atomic E-state index is -1.05. The Morgan fingerprint density at radius 3 is 2.00 bits per heavy atom. The molecule has 0 N–H and O–H groups in total. The van der Waals surface area contributed by atoms with Crippen molar-refractivity contribution in [3.63, 3.8) is 0 Å². The van der Waals surface area contributed by atoms with E-state index in [9.17, 15) is 9.59 Å². The number of carbonyl (C=O) groups is 2. The maximum atomic E-state index is 12.5. The molecule has 0 aromatic heterocycles. The van der Waals surface area contributed by atoms with Crippen molar-refractivity contribution < 1.29 is 23.8 Å². The van der Waals surface area contributed by atoms with Crippen molar-refractivity contribution in [2.75, 3.05) is 13.2 Å². The van der Waals surface area contributed by atoms with E-state index in [-0.39, 0.29) is 5.78 Å². The molecule has 166 valence electrons. The van der Waals surface area contributed by atoms with Crippen molar-refractivity contribution >= 4 is 11.8 Å². The van der Waals surface area contributed by atoms with Crippen LogP contribution in [0.25, 0.3) is 0 Å². The minimum absolute atomic E-state index is 0.00871. The van der Waals surface area contributed by atoms with E-state index >= 15 is 0 Å². The Kier molecular flexibility index (Phi) is 7.66. The second-order valence-corrected chi connectivity index (χ2v) is 7.79. The lowest BCUT2D eigenvalue weighted by Crippen LogP contribution is -2.39. The Bertz CT molecular complexity index is 1020. The molecule has 3 rings (SSSR count). The smallest absolute Gasteiger partial charge is 0.349 e. The van der Waals surface area contributed by atoms with Crippen molar-refractivity contribution in [2.45, 2.75) is 32.8 Å². The molecule has 0 aliphatic carbocycles. The van der Waals surface area contributed by atoms with Crippen LogP contribution in [0.4, 0.5) is 0 Å². The second-order valence-electron chi connectivity index (χ2n) is 7.79. The number of ketones is 1. The number of hydrogen-bond donors (Lipinski definition) is 0. The van der Waals surface area contributed by atoms with Gasteiger partial charge in [-0.15, -0.1) is 0 Å². The molecule has 3 aromatic carbocycles. The zero-order valence-corrected chi connectivity index (χ0v) is 18.7. The van der Waals surface area contributed by atoms with Gasteiger partial charge in [0.05, 0.1) is 13.2 Å². The monoisotopic (exact) mass is 432 g/mol. The largest absolute Gasteiger partial charge is 0.493 e. The molecule has 0 bridgehead atoms. The molecule has 0 saturated heterocycles. The molecule has 0 aliphatic heterocycles. The average molecular weight is 433 g/mol. The summed E-state index contributed by atoms with van der Waals surface area (Å²) < 4.78 is 16.6. The molecule has 0 radical (unpaired) electrons. The van der Waals surface area contributed by atoms with Crippen LogP contribution < -0.4 is 9.47 Å². The summed E-state index contributed by atoms with van der Waals surface area (Å²) in [7, 11) is 0. The molecule has 3 aromatic rings. The maximum absolute atomic E-state index is 12.5. The Hall–Kier alpha value is -3.60. The number of benzene rings is 3. The third kappa shape index (κ3) is 6.20. The van der Waals surface area contributed by atoms with Crippen LogP contribution in [0.5, 0.6) is 11.5 Å². The highest BCUT2D eigenvalue weighted by atomic mass is 16.6. The molecule has 0 fully saturated rings. The zero-order chi connectivity index (χ0) is 23.0. The SMILES string of the molecule is CCOC(=O)C(C)(C)Oc1ccc(CCOc2ccc(C(=O)c3ccccc3)cc2)cc1. The predicted molar refractivity (Wildman–Crippen MR) is 123 cm³/mol. The van der Waals surface area contributed by atoms with Crippen LogP contribution in [-0.2, 0) is 16.0 Å². The van der Waals surface area contributed by atoms with Gasteiger partial charge in [0, 0.05) is 17.5 Å². The third-order valence-electron chi connectivity index (χ3n) is 4.88. The number of rotatable bonds is 10. The maximum Gasteiger partial charge on any atom is 0.349 e. The van der Waals surface area contributed by atoms with Crippen molar-refractivity contribution in [1.29, 1.82) is 0 Å². The van der Waals surface area contributed by atoms with E-state index in [0.717, 1.165) is 5.56 Å². The lowest BCUT2D eigenvalue weighted by molar-refractivity contribution is -0.158. The standard InChI is InChI=1S/C27H28O5/c1-4-30-26(29)27(2,3)32-24-14-10-20(11-15-24)18-19-31-23-16-12-22(13-17-23)25(28)21-8-6-5-7-9-21/h5-17H,4,18-19H2,1-3H3. The van der Waals surface area contributed by atoms with Crippen molar-refractivity contribution in [1.82, 2.24) is 0 Å². The summed E-state index contributed by atoms with van der Waals surface area (Å²) in [4.78, 5) is 24.4. The van der Waals surface area contributed by atoms with Crippen LogP contribution >= 0.6 is 0 Å². The normalized spacial score (nSPS) is 11.0. The fourth-order valence-corrected chi connectivity index (χ4v) is 3.11. The lowest BCUT2D eigenvalue weighted by atomic mass is 10.0. The van der Waals surface area contributed by atoms with E-state index in [2.05, 4.69) is 0 Å². The van der Waals surface area contributed by atoms with Gasteiger partial charge in [-0.1, -0.05) is 42.5 Å². The van der Waals surface area contributed by atoms with Gasteiger partial charge in [-0.2, -0.15) is 0 Å². The number of hydrogen-bond acceptors (Lipinski definition) is 5. The van der Waals surface area contributed by atoms with Crippen LogP contribution in [0, 0.1) is 0 Å². The van der Waals surface area contributed by atoms with Gasteiger partial charge < -0.3 is 14.2 Å². The van der Waals surface area contributed by atoms with Crippen LogP contribution in [-0.4, -0.2) is 30.6 Å². The first-order valence-electron chi connectivity index (χ1n) is 10.7. The van der Waals surface area contributed by atoms with E-state index in [1.54, 1.807) is 45.0 Å². The number of carbonyl (C=O) groups excluding carboxylic acids is 2.